The third kappa shape index (κ3) is 3.77. The normalized spacial score (nSPS) is 19.0. The van der Waals surface area contributed by atoms with Crippen molar-refractivity contribution in [1.29, 1.82) is 5.26 Å². The molecule has 5 nitrogen and oxygen atoms in total. The third-order valence-electron chi connectivity index (χ3n) is 5.50. The van der Waals surface area contributed by atoms with Gasteiger partial charge >= 0.3 is 0 Å². The molecule has 1 aliphatic carbocycles. The lowest BCUT2D eigenvalue weighted by molar-refractivity contribution is -0.126. The predicted molar refractivity (Wildman–Crippen MR) is 106 cm³/mol. The Morgan fingerprint density at radius 2 is 1.71 bits per heavy atom. The van der Waals surface area contributed by atoms with E-state index in [4.69, 9.17) is 0 Å². The molecule has 1 N–H and O–H groups in total. The topological polar surface area (TPSA) is 73.2 Å². The predicted octanol–water partition coefficient (Wildman–Crippen LogP) is 3.36. The van der Waals surface area contributed by atoms with Crippen LogP contribution in [0, 0.1) is 17.2 Å². The summed E-state index contributed by atoms with van der Waals surface area (Å²) >= 11 is 0. The van der Waals surface area contributed by atoms with Crippen LogP contribution in [-0.2, 0) is 4.79 Å². The molecule has 0 aromatic heterocycles. The summed E-state index contributed by atoms with van der Waals surface area (Å²) in [4.78, 5) is 27.5. The summed E-state index contributed by atoms with van der Waals surface area (Å²) in [5.41, 5.74) is 2.64. The van der Waals surface area contributed by atoms with Gasteiger partial charge < -0.3 is 10.2 Å². The van der Waals surface area contributed by atoms with Gasteiger partial charge in [-0.3, -0.25) is 9.59 Å². The van der Waals surface area contributed by atoms with Gasteiger partial charge in [0.05, 0.1) is 17.6 Å². The molecule has 5 heteroatoms. The molecule has 0 radical (unpaired) electrons. The zero-order valence-corrected chi connectivity index (χ0v) is 15.7. The maximum atomic E-state index is 13.3. The van der Waals surface area contributed by atoms with Crippen molar-refractivity contribution in [2.45, 2.75) is 31.7 Å². The van der Waals surface area contributed by atoms with Crippen LogP contribution in [0.25, 0.3) is 11.1 Å². The van der Waals surface area contributed by atoms with Crippen molar-refractivity contribution in [2.75, 3.05) is 13.1 Å². The average molecular weight is 373 g/mol. The highest BCUT2D eigenvalue weighted by Crippen LogP contribution is 2.29. The first-order valence-corrected chi connectivity index (χ1v) is 9.85. The first kappa shape index (κ1) is 18.2. The van der Waals surface area contributed by atoms with Crippen molar-refractivity contribution in [3.05, 3.63) is 59.7 Å². The molecule has 142 valence electrons. The van der Waals surface area contributed by atoms with E-state index in [2.05, 4.69) is 11.4 Å². The van der Waals surface area contributed by atoms with Gasteiger partial charge in [-0.1, -0.05) is 36.4 Å². The molecule has 1 saturated carbocycles. The van der Waals surface area contributed by atoms with Crippen molar-refractivity contribution in [3.8, 4) is 17.2 Å². The van der Waals surface area contributed by atoms with Crippen LogP contribution in [0.4, 0.5) is 0 Å². The fourth-order valence-corrected chi connectivity index (χ4v) is 3.81. The van der Waals surface area contributed by atoms with E-state index in [1.807, 2.05) is 36.4 Å². The van der Waals surface area contributed by atoms with Crippen molar-refractivity contribution >= 4 is 11.8 Å². The highest BCUT2D eigenvalue weighted by Gasteiger charge is 2.32. The number of hydrogen-bond donors (Lipinski definition) is 1. The first-order chi connectivity index (χ1) is 13.7. The lowest BCUT2D eigenvalue weighted by atomic mass is 9.93. The summed E-state index contributed by atoms with van der Waals surface area (Å²) in [6, 6.07) is 17.3. The number of likely N-dealkylation sites (tertiary alicyclic amines) is 1. The van der Waals surface area contributed by atoms with E-state index in [1.165, 1.54) is 0 Å². The van der Waals surface area contributed by atoms with E-state index >= 15 is 0 Å². The van der Waals surface area contributed by atoms with Gasteiger partial charge in [0.25, 0.3) is 5.91 Å². The summed E-state index contributed by atoms with van der Waals surface area (Å²) in [5, 5.41) is 12.5. The first-order valence-electron chi connectivity index (χ1n) is 9.85. The standard InChI is InChI=1S/C23H23N3O2/c24-14-16-6-1-2-8-19(16)20-9-3-4-10-21(20)23(28)26-13-5-7-17(15-26)22(27)25-18-11-12-18/h1-4,6,8-10,17-18H,5,7,11-13,15H2,(H,25,27). The minimum Gasteiger partial charge on any atom is -0.353 e. The van der Waals surface area contributed by atoms with E-state index in [0.29, 0.717) is 30.3 Å². The van der Waals surface area contributed by atoms with Gasteiger partial charge in [-0.2, -0.15) is 5.26 Å². The Kier molecular flexibility index (Phi) is 5.12. The molecule has 1 saturated heterocycles. The van der Waals surface area contributed by atoms with Gasteiger partial charge in [-0.15, -0.1) is 0 Å². The van der Waals surface area contributed by atoms with E-state index < -0.39 is 0 Å². The maximum absolute atomic E-state index is 13.3. The Labute approximate surface area is 165 Å². The molecule has 0 spiro atoms. The van der Waals surface area contributed by atoms with Crippen LogP contribution in [0.1, 0.15) is 41.6 Å². The molecule has 1 aliphatic heterocycles. The summed E-state index contributed by atoms with van der Waals surface area (Å²) < 4.78 is 0. The molecular weight excluding hydrogens is 350 g/mol. The van der Waals surface area contributed by atoms with Gasteiger partial charge in [0.1, 0.15) is 0 Å². The van der Waals surface area contributed by atoms with Crippen molar-refractivity contribution in [3.63, 3.8) is 0 Å². The number of hydrogen-bond acceptors (Lipinski definition) is 3. The Morgan fingerprint density at radius 3 is 2.46 bits per heavy atom. The Balaban J connectivity index is 1.58. The van der Waals surface area contributed by atoms with Crippen molar-refractivity contribution in [2.24, 2.45) is 5.92 Å². The molecule has 28 heavy (non-hydrogen) atoms. The summed E-state index contributed by atoms with van der Waals surface area (Å²) in [6.07, 6.45) is 3.77. The number of carbonyl (C=O) groups is 2. The molecule has 0 bridgehead atoms. The molecule has 2 aromatic rings. The van der Waals surface area contributed by atoms with E-state index in [1.54, 1.807) is 17.0 Å². The molecule has 2 fully saturated rings. The lowest BCUT2D eigenvalue weighted by Gasteiger charge is -2.32. The summed E-state index contributed by atoms with van der Waals surface area (Å²) in [7, 11) is 0. The lowest BCUT2D eigenvalue weighted by Crippen LogP contribution is -2.46. The Morgan fingerprint density at radius 1 is 1.00 bits per heavy atom. The zero-order chi connectivity index (χ0) is 19.5. The molecule has 1 heterocycles. The number of nitrogens with one attached hydrogen (secondary N) is 1. The van der Waals surface area contributed by atoms with Gasteiger partial charge in [-0.25, -0.2) is 0 Å². The monoisotopic (exact) mass is 373 g/mol. The number of amides is 2. The quantitative estimate of drug-likeness (QED) is 0.893. The maximum Gasteiger partial charge on any atom is 0.254 e. The van der Waals surface area contributed by atoms with Gasteiger partial charge in [0, 0.05) is 30.3 Å². The number of rotatable bonds is 4. The molecule has 2 aromatic carbocycles. The minimum absolute atomic E-state index is 0.0723. The highest BCUT2D eigenvalue weighted by atomic mass is 16.2. The van der Waals surface area contributed by atoms with Crippen molar-refractivity contribution in [1.82, 2.24) is 10.2 Å². The van der Waals surface area contributed by atoms with E-state index in [0.717, 1.165) is 36.8 Å². The Hall–Kier alpha value is -3.13. The zero-order valence-electron chi connectivity index (χ0n) is 15.7. The van der Waals surface area contributed by atoms with Crippen molar-refractivity contribution < 1.29 is 9.59 Å². The molecule has 1 atom stereocenters. The van der Waals surface area contributed by atoms with Crippen LogP contribution < -0.4 is 5.32 Å². The molecule has 2 aliphatic rings. The third-order valence-corrected chi connectivity index (χ3v) is 5.50. The fourth-order valence-electron chi connectivity index (χ4n) is 3.81. The van der Waals surface area contributed by atoms with Crippen LogP contribution in [-0.4, -0.2) is 35.8 Å². The van der Waals surface area contributed by atoms with Gasteiger partial charge in [-0.05, 0) is 43.4 Å². The largest absolute Gasteiger partial charge is 0.353 e. The highest BCUT2D eigenvalue weighted by molar-refractivity contribution is 6.01. The SMILES string of the molecule is N#Cc1ccccc1-c1ccccc1C(=O)N1CCCC(C(=O)NC2CC2)C1. The fraction of sp³-hybridized carbons (Fsp3) is 0.348. The summed E-state index contributed by atoms with van der Waals surface area (Å²) in [6.45, 7) is 1.10. The van der Waals surface area contributed by atoms with Crippen LogP contribution in [0.15, 0.2) is 48.5 Å². The molecule has 4 rings (SSSR count). The van der Waals surface area contributed by atoms with E-state index in [-0.39, 0.29) is 17.7 Å². The second-order valence-electron chi connectivity index (χ2n) is 7.58. The molecule has 1 unspecified atom stereocenters. The number of piperidine rings is 1. The minimum atomic E-state index is -0.142. The van der Waals surface area contributed by atoms with Crippen LogP contribution in [0.3, 0.4) is 0 Å². The number of carbonyl (C=O) groups excluding carboxylic acids is 2. The second-order valence-corrected chi connectivity index (χ2v) is 7.58. The van der Waals surface area contributed by atoms with Crippen LogP contribution in [0.5, 0.6) is 0 Å². The molecule has 2 amide bonds. The number of nitrogens with zero attached hydrogens (tertiary/aromatic N) is 2. The molecular formula is C23H23N3O2. The van der Waals surface area contributed by atoms with Crippen LogP contribution >= 0.6 is 0 Å². The van der Waals surface area contributed by atoms with Gasteiger partial charge in [0.15, 0.2) is 0 Å². The Bertz CT molecular complexity index is 943. The van der Waals surface area contributed by atoms with E-state index in [9.17, 15) is 14.9 Å². The van der Waals surface area contributed by atoms with Crippen LogP contribution in [0.2, 0.25) is 0 Å². The average Bonchev–Trinajstić information content (AvgIpc) is 3.57. The summed E-state index contributed by atoms with van der Waals surface area (Å²) in [5.74, 6) is -0.146. The van der Waals surface area contributed by atoms with Gasteiger partial charge in [0.2, 0.25) is 5.91 Å². The smallest absolute Gasteiger partial charge is 0.254 e. The second kappa shape index (κ2) is 7.85. The number of benzene rings is 2. The number of nitriles is 1.